The number of aryl methyl sites for hydroxylation is 1. The van der Waals surface area contributed by atoms with Crippen LogP contribution >= 0.6 is 11.6 Å². The van der Waals surface area contributed by atoms with Gasteiger partial charge in [-0.3, -0.25) is 4.79 Å². The zero-order valence-corrected chi connectivity index (χ0v) is 17.6. The van der Waals surface area contributed by atoms with Crippen molar-refractivity contribution in [1.82, 2.24) is 25.5 Å². The molecule has 10 heteroatoms. The molecule has 1 amide bonds. The van der Waals surface area contributed by atoms with Crippen LogP contribution in [0.15, 0.2) is 12.3 Å². The average molecular weight is 443 g/mol. The van der Waals surface area contributed by atoms with Gasteiger partial charge in [-0.1, -0.05) is 11.6 Å². The highest BCUT2D eigenvalue weighted by Gasteiger charge is 2.32. The maximum Gasteiger partial charge on any atom is 0.253 e. The zero-order chi connectivity index (χ0) is 21.5. The van der Waals surface area contributed by atoms with Crippen LogP contribution in [0.1, 0.15) is 39.8 Å². The zero-order valence-electron chi connectivity index (χ0n) is 16.8. The summed E-state index contributed by atoms with van der Waals surface area (Å²) in [5, 5.41) is 13.9. The van der Waals surface area contributed by atoms with Crippen LogP contribution in [0.5, 0.6) is 0 Å². The third-order valence-electron chi connectivity index (χ3n) is 5.60. The van der Waals surface area contributed by atoms with Gasteiger partial charge >= 0.3 is 0 Å². The summed E-state index contributed by atoms with van der Waals surface area (Å²) in [5.41, 5.74) is 5.25. The van der Waals surface area contributed by atoms with E-state index in [4.69, 9.17) is 16.3 Å². The Kier molecular flexibility index (Phi) is 5.07. The van der Waals surface area contributed by atoms with Crippen LogP contribution in [0.2, 0.25) is 5.15 Å². The number of pyridine rings is 1. The van der Waals surface area contributed by atoms with Crippen molar-refractivity contribution in [3.05, 3.63) is 51.3 Å². The van der Waals surface area contributed by atoms with E-state index in [-0.39, 0.29) is 23.5 Å². The summed E-state index contributed by atoms with van der Waals surface area (Å²) in [4.78, 5) is 20.0. The third kappa shape index (κ3) is 3.43. The molecule has 0 atom stereocenters. The lowest BCUT2D eigenvalue weighted by Gasteiger charge is -2.20. The molecule has 1 aliphatic heterocycles. The minimum Gasteiger partial charge on any atom is -0.375 e. The summed E-state index contributed by atoms with van der Waals surface area (Å²) in [6.07, 6.45) is 3.64. The topological polar surface area (TPSA) is 105 Å². The first-order chi connectivity index (χ1) is 15.1. The molecule has 3 aromatic rings. The SMILES string of the molecule is CCOCc1nnc(Cl)cc1Nc1ncc2c(c1F)-c1[nH]c3c(c1CC2)C(=O)NCC3. The van der Waals surface area contributed by atoms with Gasteiger partial charge in [-0.15, -0.1) is 10.2 Å². The van der Waals surface area contributed by atoms with E-state index in [0.717, 1.165) is 16.8 Å². The number of ether oxygens (including phenoxy) is 1. The van der Waals surface area contributed by atoms with Gasteiger partial charge in [0.25, 0.3) is 5.91 Å². The number of hydrogen-bond acceptors (Lipinski definition) is 6. The lowest BCUT2D eigenvalue weighted by atomic mass is 9.88. The number of nitrogens with zero attached hydrogens (tertiary/aromatic N) is 3. The summed E-state index contributed by atoms with van der Waals surface area (Å²) in [5.74, 6) is -0.550. The number of halogens is 2. The van der Waals surface area contributed by atoms with Crippen molar-refractivity contribution in [2.45, 2.75) is 32.8 Å². The van der Waals surface area contributed by atoms with Gasteiger partial charge in [-0.2, -0.15) is 0 Å². The van der Waals surface area contributed by atoms with Gasteiger partial charge in [0.05, 0.1) is 23.6 Å². The number of anilines is 2. The van der Waals surface area contributed by atoms with Gasteiger partial charge in [-0.05, 0) is 30.9 Å². The Morgan fingerprint density at radius 1 is 1.26 bits per heavy atom. The largest absolute Gasteiger partial charge is 0.375 e. The first-order valence-electron chi connectivity index (χ1n) is 10.1. The lowest BCUT2D eigenvalue weighted by molar-refractivity contribution is 0.0945. The number of aromatic nitrogens is 4. The minimum atomic E-state index is -0.493. The molecule has 0 spiro atoms. The summed E-state index contributed by atoms with van der Waals surface area (Å²) >= 11 is 6.00. The number of H-pyrrole nitrogens is 1. The molecule has 8 nitrogen and oxygen atoms in total. The molecule has 31 heavy (non-hydrogen) atoms. The third-order valence-corrected chi connectivity index (χ3v) is 5.78. The summed E-state index contributed by atoms with van der Waals surface area (Å²) in [6, 6.07) is 1.56. The quantitative estimate of drug-likeness (QED) is 0.560. The molecule has 0 aromatic carbocycles. The smallest absolute Gasteiger partial charge is 0.253 e. The number of hydrogen-bond donors (Lipinski definition) is 3. The molecule has 0 saturated carbocycles. The predicted molar refractivity (Wildman–Crippen MR) is 113 cm³/mol. The Bertz CT molecular complexity index is 1200. The van der Waals surface area contributed by atoms with Crippen molar-refractivity contribution >= 4 is 29.0 Å². The molecule has 0 fully saturated rings. The number of rotatable bonds is 5. The molecule has 5 rings (SSSR count). The highest BCUT2D eigenvalue weighted by Crippen LogP contribution is 2.40. The van der Waals surface area contributed by atoms with E-state index in [2.05, 4.69) is 30.8 Å². The molecular weight excluding hydrogens is 423 g/mol. The van der Waals surface area contributed by atoms with E-state index >= 15 is 4.39 Å². The molecule has 160 valence electrons. The molecule has 4 heterocycles. The monoisotopic (exact) mass is 442 g/mol. The number of aromatic amines is 1. The lowest BCUT2D eigenvalue weighted by Crippen LogP contribution is -2.32. The van der Waals surface area contributed by atoms with Crippen LogP contribution in [0.3, 0.4) is 0 Å². The summed E-state index contributed by atoms with van der Waals surface area (Å²) in [7, 11) is 0. The second-order valence-electron chi connectivity index (χ2n) is 7.45. The van der Waals surface area contributed by atoms with Crippen molar-refractivity contribution in [2.24, 2.45) is 0 Å². The molecule has 2 aliphatic rings. The number of nitrogens with one attached hydrogen (secondary N) is 3. The molecule has 3 N–H and O–H groups in total. The number of carbonyl (C=O) groups is 1. The highest BCUT2D eigenvalue weighted by atomic mass is 35.5. The Hall–Kier alpha value is -3.04. The van der Waals surface area contributed by atoms with Crippen LogP contribution < -0.4 is 10.6 Å². The molecule has 0 bridgehead atoms. The number of carbonyl (C=O) groups excluding carboxylic acids is 1. The van der Waals surface area contributed by atoms with E-state index in [1.807, 2.05) is 6.92 Å². The fraction of sp³-hybridized carbons (Fsp3) is 0.333. The Balaban J connectivity index is 1.57. The van der Waals surface area contributed by atoms with Crippen molar-refractivity contribution in [3.8, 4) is 11.3 Å². The van der Waals surface area contributed by atoms with E-state index in [9.17, 15) is 4.79 Å². The molecule has 3 aromatic heterocycles. The van der Waals surface area contributed by atoms with E-state index in [1.165, 1.54) is 0 Å². The normalized spacial score (nSPS) is 14.5. The predicted octanol–water partition coefficient (Wildman–Crippen LogP) is 3.32. The maximum atomic E-state index is 15.7. The van der Waals surface area contributed by atoms with Crippen molar-refractivity contribution in [3.63, 3.8) is 0 Å². The second-order valence-corrected chi connectivity index (χ2v) is 7.84. The highest BCUT2D eigenvalue weighted by molar-refractivity contribution is 6.29. The molecule has 1 aliphatic carbocycles. The maximum absolute atomic E-state index is 15.7. The average Bonchev–Trinajstić information content (AvgIpc) is 3.15. The van der Waals surface area contributed by atoms with Crippen LogP contribution in [0.4, 0.5) is 15.9 Å². The van der Waals surface area contributed by atoms with Gasteiger partial charge in [0, 0.05) is 43.1 Å². The van der Waals surface area contributed by atoms with Crippen molar-refractivity contribution < 1.29 is 13.9 Å². The summed E-state index contributed by atoms with van der Waals surface area (Å²) < 4.78 is 21.1. The van der Waals surface area contributed by atoms with Crippen LogP contribution in [-0.2, 0) is 30.6 Å². The van der Waals surface area contributed by atoms with Crippen molar-refractivity contribution in [2.75, 3.05) is 18.5 Å². The standard InChI is InChI=1S/C21H20ClFN6O2/c1-2-31-9-14-13(7-15(22)29-28-14)27-20-18(23)16-10(8-25-20)3-4-11-17-12(26-19(11)16)5-6-24-21(17)30/h7-8,26H,2-6,9H2,1H3,(H,24,30)(H,25,27,29). The second kappa shape index (κ2) is 7.90. The Morgan fingerprint density at radius 3 is 2.97 bits per heavy atom. The van der Waals surface area contributed by atoms with Gasteiger partial charge in [-0.25, -0.2) is 9.37 Å². The molecule has 0 saturated heterocycles. The summed E-state index contributed by atoms with van der Waals surface area (Å²) in [6.45, 7) is 3.15. The van der Waals surface area contributed by atoms with Crippen LogP contribution in [0, 0.1) is 5.82 Å². The minimum absolute atomic E-state index is 0.0467. The molecular formula is C21H20ClFN6O2. The molecule has 0 radical (unpaired) electrons. The Labute approximate surface area is 182 Å². The molecule has 0 unspecified atom stereocenters. The first kappa shape index (κ1) is 19.9. The first-order valence-corrected chi connectivity index (χ1v) is 10.5. The number of fused-ring (bicyclic) bond motifs is 5. The van der Waals surface area contributed by atoms with Crippen LogP contribution in [-0.4, -0.2) is 39.2 Å². The van der Waals surface area contributed by atoms with E-state index in [0.29, 0.717) is 60.6 Å². The fourth-order valence-electron chi connectivity index (χ4n) is 4.17. The van der Waals surface area contributed by atoms with Crippen molar-refractivity contribution in [1.29, 1.82) is 0 Å². The van der Waals surface area contributed by atoms with Gasteiger partial charge in [0.15, 0.2) is 16.8 Å². The van der Waals surface area contributed by atoms with Crippen LogP contribution in [0.25, 0.3) is 11.3 Å². The van der Waals surface area contributed by atoms with E-state index < -0.39 is 5.82 Å². The van der Waals surface area contributed by atoms with Gasteiger partial charge < -0.3 is 20.4 Å². The fourth-order valence-corrected chi connectivity index (χ4v) is 4.32. The Morgan fingerprint density at radius 2 is 2.13 bits per heavy atom. The van der Waals surface area contributed by atoms with E-state index in [1.54, 1.807) is 12.3 Å². The number of amides is 1. The van der Waals surface area contributed by atoms with Gasteiger partial charge in [0.2, 0.25) is 0 Å². The van der Waals surface area contributed by atoms with Gasteiger partial charge in [0.1, 0.15) is 5.69 Å².